The molecule has 4 unspecified atom stereocenters. The average molecular weight is 474 g/mol. The Kier molecular flexibility index (Phi) is 6.43. The number of carbonyl (C=O) groups excluding carboxylic acids is 1. The molecule has 30 heavy (non-hydrogen) atoms. The third-order valence-electron chi connectivity index (χ3n) is 5.89. The van der Waals surface area contributed by atoms with E-state index >= 15 is 0 Å². The molecule has 0 aliphatic carbocycles. The first-order valence-corrected chi connectivity index (χ1v) is 11.2. The average Bonchev–Trinajstić information content (AvgIpc) is 3.26. The number of carbonyl (C=O) groups is 1. The largest absolute Gasteiger partial charge is 0.508 e. The monoisotopic (exact) mass is 473 g/mol. The molecule has 0 bridgehead atoms. The normalized spacial score (nSPS) is 25.9. The van der Waals surface area contributed by atoms with E-state index in [0.717, 1.165) is 22.0 Å². The maximum atomic E-state index is 13.3. The van der Waals surface area contributed by atoms with Crippen LogP contribution in [0.15, 0.2) is 53.0 Å². The highest BCUT2D eigenvalue weighted by Crippen LogP contribution is 2.48. The molecule has 7 heteroatoms. The van der Waals surface area contributed by atoms with E-state index in [1.807, 2.05) is 49.1 Å². The van der Waals surface area contributed by atoms with Gasteiger partial charge in [0.05, 0.1) is 18.2 Å². The zero-order valence-corrected chi connectivity index (χ0v) is 18.8. The van der Waals surface area contributed by atoms with Gasteiger partial charge in [-0.05, 0) is 44.0 Å². The van der Waals surface area contributed by atoms with Crippen LogP contribution in [0.4, 0.5) is 0 Å². The third kappa shape index (κ3) is 4.12. The predicted octanol–water partition coefficient (Wildman–Crippen LogP) is 3.69. The van der Waals surface area contributed by atoms with Crippen molar-refractivity contribution in [2.45, 2.75) is 44.5 Å². The second kappa shape index (κ2) is 9.06. The summed E-state index contributed by atoms with van der Waals surface area (Å²) in [5, 5.41) is 10.5. The second-order valence-corrected chi connectivity index (χ2v) is 9.10. The van der Waals surface area contributed by atoms with Crippen molar-refractivity contribution >= 4 is 21.8 Å². The molecule has 0 spiro atoms. The van der Waals surface area contributed by atoms with Gasteiger partial charge in [-0.1, -0.05) is 46.3 Å². The zero-order chi connectivity index (χ0) is 21.3. The van der Waals surface area contributed by atoms with Crippen molar-refractivity contribution in [3.8, 4) is 5.75 Å². The summed E-state index contributed by atoms with van der Waals surface area (Å²) < 4.78 is 6.69. The first kappa shape index (κ1) is 21.3. The fraction of sp³-hybridized carbons (Fsp3) is 0.435. The van der Waals surface area contributed by atoms with Crippen molar-refractivity contribution in [2.75, 3.05) is 13.2 Å². The minimum Gasteiger partial charge on any atom is -0.508 e. The Morgan fingerprint density at radius 1 is 1.10 bits per heavy atom. The van der Waals surface area contributed by atoms with Gasteiger partial charge in [-0.15, -0.1) is 0 Å². The van der Waals surface area contributed by atoms with E-state index < -0.39 is 0 Å². The standard InChI is InChI=1S/C23H28BrN3O3/c1-14(2)30-13-5-12-27-22(15-8-10-16(24)11-9-15)19-20(25-26-21(19)23(27)29)17-6-3-4-7-18(17)28/h3-4,6-11,14,19-22,25-26,28H,5,12-13H2,1-2H3. The predicted molar refractivity (Wildman–Crippen MR) is 119 cm³/mol. The molecule has 0 aromatic heterocycles. The summed E-state index contributed by atoms with van der Waals surface area (Å²) in [5.41, 5.74) is 8.37. The quantitative estimate of drug-likeness (QED) is 0.534. The highest BCUT2D eigenvalue weighted by molar-refractivity contribution is 9.10. The Hall–Kier alpha value is -1.93. The van der Waals surface area contributed by atoms with Crippen LogP contribution in [-0.4, -0.2) is 41.2 Å². The van der Waals surface area contributed by atoms with Gasteiger partial charge in [-0.25, -0.2) is 10.9 Å². The lowest BCUT2D eigenvalue weighted by molar-refractivity contribution is -0.131. The number of phenols is 1. The maximum absolute atomic E-state index is 13.3. The van der Waals surface area contributed by atoms with Crippen molar-refractivity contribution in [1.29, 1.82) is 0 Å². The molecule has 2 aliphatic heterocycles. The Morgan fingerprint density at radius 3 is 2.50 bits per heavy atom. The molecule has 2 saturated heterocycles. The van der Waals surface area contributed by atoms with Crippen LogP contribution in [-0.2, 0) is 9.53 Å². The zero-order valence-electron chi connectivity index (χ0n) is 17.2. The lowest BCUT2D eigenvalue weighted by Crippen LogP contribution is -2.41. The fourth-order valence-corrected chi connectivity index (χ4v) is 4.84. The molecule has 2 aromatic carbocycles. The molecular weight excluding hydrogens is 446 g/mol. The van der Waals surface area contributed by atoms with Crippen LogP contribution in [0.5, 0.6) is 5.75 Å². The number of phenolic OH excluding ortho intramolecular Hbond substituents is 1. The summed E-state index contributed by atoms with van der Waals surface area (Å²) in [6, 6.07) is 14.9. The number of para-hydroxylation sites is 1. The first-order valence-electron chi connectivity index (χ1n) is 10.4. The number of nitrogens with one attached hydrogen (secondary N) is 2. The summed E-state index contributed by atoms with van der Waals surface area (Å²) in [4.78, 5) is 15.3. The molecule has 3 N–H and O–H groups in total. The lowest BCUT2D eigenvalue weighted by atomic mass is 9.83. The van der Waals surface area contributed by atoms with Gasteiger partial charge in [0.1, 0.15) is 11.8 Å². The number of hydrogen-bond donors (Lipinski definition) is 3. The van der Waals surface area contributed by atoms with Crippen molar-refractivity contribution in [1.82, 2.24) is 15.8 Å². The lowest BCUT2D eigenvalue weighted by Gasteiger charge is -2.31. The fourth-order valence-electron chi connectivity index (χ4n) is 4.58. The van der Waals surface area contributed by atoms with Gasteiger partial charge >= 0.3 is 0 Å². The topological polar surface area (TPSA) is 73.8 Å². The van der Waals surface area contributed by atoms with E-state index in [2.05, 4.69) is 38.9 Å². The van der Waals surface area contributed by atoms with Crippen molar-refractivity contribution in [2.24, 2.45) is 5.92 Å². The molecule has 4 atom stereocenters. The molecule has 0 radical (unpaired) electrons. The van der Waals surface area contributed by atoms with E-state index in [1.165, 1.54) is 0 Å². The van der Waals surface area contributed by atoms with E-state index in [9.17, 15) is 9.90 Å². The number of benzene rings is 2. The van der Waals surface area contributed by atoms with Gasteiger partial charge in [0.25, 0.3) is 0 Å². The van der Waals surface area contributed by atoms with Gasteiger partial charge in [-0.3, -0.25) is 4.79 Å². The molecule has 0 saturated carbocycles. The number of nitrogens with zero attached hydrogens (tertiary/aromatic N) is 1. The van der Waals surface area contributed by atoms with Crippen molar-refractivity contribution < 1.29 is 14.6 Å². The minimum atomic E-state index is -0.339. The highest BCUT2D eigenvalue weighted by atomic mass is 79.9. The molecule has 2 heterocycles. The molecule has 2 fully saturated rings. The van der Waals surface area contributed by atoms with Crippen molar-refractivity contribution in [3.05, 3.63) is 64.1 Å². The SMILES string of the molecule is CC(C)OCCCN1C(=O)C2NNC(c3ccccc3O)C2C1c1ccc(Br)cc1. The summed E-state index contributed by atoms with van der Waals surface area (Å²) in [5.74, 6) is 0.282. The van der Waals surface area contributed by atoms with Crippen LogP contribution in [0.2, 0.25) is 0 Å². The Bertz CT molecular complexity index is 890. The van der Waals surface area contributed by atoms with Gasteiger partial charge < -0.3 is 14.7 Å². The van der Waals surface area contributed by atoms with Crippen molar-refractivity contribution in [3.63, 3.8) is 0 Å². The molecule has 1 amide bonds. The number of rotatable bonds is 7. The molecule has 2 aromatic rings. The summed E-state index contributed by atoms with van der Waals surface area (Å²) in [7, 11) is 0. The molecule has 6 nitrogen and oxygen atoms in total. The van der Waals surface area contributed by atoms with Gasteiger partial charge in [-0.2, -0.15) is 0 Å². The van der Waals surface area contributed by atoms with Crippen LogP contribution < -0.4 is 10.9 Å². The maximum Gasteiger partial charge on any atom is 0.242 e. The number of fused-ring (bicyclic) bond motifs is 1. The molecule has 160 valence electrons. The Labute approximate surface area is 185 Å². The van der Waals surface area contributed by atoms with Gasteiger partial charge in [0.2, 0.25) is 5.91 Å². The number of halogens is 1. The molecular formula is C23H28BrN3O3. The Morgan fingerprint density at radius 2 is 1.80 bits per heavy atom. The van der Waals surface area contributed by atoms with E-state index in [1.54, 1.807) is 6.07 Å². The van der Waals surface area contributed by atoms with Crippen LogP contribution in [0.3, 0.4) is 0 Å². The van der Waals surface area contributed by atoms with E-state index in [0.29, 0.717) is 13.2 Å². The summed E-state index contributed by atoms with van der Waals surface area (Å²) in [6.07, 6.45) is 0.961. The van der Waals surface area contributed by atoms with Crippen LogP contribution in [0.1, 0.15) is 43.5 Å². The van der Waals surface area contributed by atoms with E-state index in [-0.39, 0.29) is 41.8 Å². The number of amides is 1. The minimum absolute atomic E-state index is 0.0435. The third-order valence-corrected chi connectivity index (χ3v) is 6.42. The van der Waals surface area contributed by atoms with Gasteiger partial charge in [0, 0.05) is 29.1 Å². The van der Waals surface area contributed by atoms with E-state index in [4.69, 9.17) is 4.74 Å². The highest BCUT2D eigenvalue weighted by Gasteiger charge is 2.55. The summed E-state index contributed by atoms with van der Waals surface area (Å²) in [6.45, 7) is 5.29. The number of aromatic hydroxyl groups is 1. The number of ether oxygens (including phenoxy) is 1. The molecule has 4 rings (SSSR count). The molecule has 2 aliphatic rings. The summed E-state index contributed by atoms with van der Waals surface area (Å²) >= 11 is 3.51. The van der Waals surface area contributed by atoms with Gasteiger partial charge in [0.15, 0.2) is 0 Å². The first-order chi connectivity index (χ1) is 14.5. The van der Waals surface area contributed by atoms with Crippen LogP contribution in [0.25, 0.3) is 0 Å². The second-order valence-electron chi connectivity index (χ2n) is 8.18. The Balaban J connectivity index is 1.65. The number of hydrogen-bond acceptors (Lipinski definition) is 5. The number of likely N-dealkylation sites (tertiary alicyclic amines) is 1. The van der Waals surface area contributed by atoms with Crippen LogP contribution in [0, 0.1) is 5.92 Å². The smallest absolute Gasteiger partial charge is 0.242 e. The van der Waals surface area contributed by atoms with Crippen LogP contribution >= 0.6 is 15.9 Å². The number of hydrazine groups is 1.